The fourth-order valence-electron chi connectivity index (χ4n) is 3.01. The molecule has 0 bridgehead atoms. The van der Waals surface area contributed by atoms with Crippen LogP contribution in [-0.4, -0.2) is 25.2 Å². The number of hydrogen-bond acceptors (Lipinski definition) is 2. The lowest BCUT2D eigenvalue weighted by Gasteiger charge is -2.18. The van der Waals surface area contributed by atoms with E-state index in [1.807, 2.05) is 6.07 Å². The lowest BCUT2D eigenvalue weighted by Crippen LogP contribution is -2.18. The highest BCUT2D eigenvalue weighted by atomic mass is 19.4. The van der Waals surface area contributed by atoms with Crippen LogP contribution in [-0.2, 0) is 4.79 Å². The van der Waals surface area contributed by atoms with E-state index in [0.29, 0.717) is 11.8 Å². The monoisotopic (exact) mass is 360 g/mol. The van der Waals surface area contributed by atoms with Gasteiger partial charge < -0.3 is 10.2 Å². The summed E-state index contributed by atoms with van der Waals surface area (Å²) in [5.41, 5.74) is 0.431. The highest BCUT2D eigenvalue weighted by Crippen LogP contribution is 2.33. The number of hydrogen-bond donors (Lipinski definition) is 1. The van der Waals surface area contributed by atoms with Gasteiger partial charge in [0.05, 0.1) is 5.57 Å². The quantitative estimate of drug-likeness (QED) is 0.789. The number of amides is 1. The third kappa shape index (κ3) is 4.45. The minimum atomic E-state index is -4.61. The minimum absolute atomic E-state index is 0.0408. The molecule has 0 aliphatic carbocycles. The van der Waals surface area contributed by atoms with Crippen LogP contribution in [0.5, 0.6) is 0 Å². The number of anilines is 2. The van der Waals surface area contributed by atoms with Crippen molar-refractivity contribution >= 4 is 22.9 Å². The Morgan fingerprint density at radius 2 is 1.69 bits per heavy atom. The van der Waals surface area contributed by atoms with Crippen molar-refractivity contribution in [2.75, 3.05) is 23.3 Å². The van der Waals surface area contributed by atoms with Gasteiger partial charge in [-0.05, 0) is 36.6 Å². The van der Waals surface area contributed by atoms with Gasteiger partial charge in [0, 0.05) is 30.5 Å². The average molecular weight is 360 g/mol. The van der Waals surface area contributed by atoms with Crippen LogP contribution >= 0.6 is 0 Å². The number of alkyl halides is 3. The van der Waals surface area contributed by atoms with Crippen LogP contribution in [0.2, 0.25) is 0 Å². The van der Waals surface area contributed by atoms with Crippen LogP contribution in [0, 0.1) is 0 Å². The number of nitrogens with zero attached hydrogens (tertiary/aromatic N) is 1. The zero-order chi connectivity index (χ0) is 18.6. The number of rotatable bonds is 4. The molecule has 3 nitrogen and oxygen atoms in total. The van der Waals surface area contributed by atoms with Gasteiger partial charge >= 0.3 is 6.18 Å². The van der Waals surface area contributed by atoms with Crippen LogP contribution in [0.15, 0.2) is 60.7 Å². The van der Waals surface area contributed by atoms with Gasteiger partial charge in [0.1, 0.15) is 0 Å². The van der Waals surface area contributed by atoms with E-state index < -0.39 is 17.7 Å². The van der Waals surface area contributed by atoms with Crippen molar-refractivity contribution < 1.29 is 18.0 Å². The molecular formula is C20H19F3N2O. The molecule has 6 heteroatoms. The number of benzene rings is 2. The molecule has 1 fully saturated rings. The summed E-state index contributed by atoms with van der Waals surface area (Å²) in [6.45, 7) is 1.90. The molecule has 0 unspecified atom stereocenters. The minimum Gasteiger partial charge on any atom is -0.371 e. The first-order valence-electron chi connectivity index (χ1n) is 8.44. The second kappa shape index (κ2) is 7.64. The molecule has 1 N–H and O–H groups in total. The molecule has 0 saturated carbocycles. The Bertz CT molecular complexity index is 794. The van der Waals surface area contributed by atoms with E-state index >= 15 is 0 Å². The fourth-order valence-corrected chi connectivity index (χ4v) is 3.01. The Kier molecular flexibility index (Phi) is 5.30. The summed E-state index contributed by atoms with van der Waals surface area (Å²) in [6, 6.07) is 14.5. The topological polar surface area (TPSA) is 32.3 Å². The van der Waals surface area contributed by atoms with E-state index in [-0.39, 0.29) is 5.56 Å². The molecule has 0 atom stereocenters. The smallest absolute Gasteiger partial charge is 0.371 e. The predicted octanol–water partition coefficient (Wildman–Crippen LogP) is 4.87. The van der Waals surface area contributed by atoms with E-state index in [0.717, 1.165) is 31.6 Å². The molecule has 1 aliphatic heterocycles. The van der Waals surface area contributed by atoms with Gasteiger partial charge in [-0.25, -0.2) is 0 Å². The van der Waals surface area contributed by atoms with Gasteiger partial charge in [0.2, 0.25) is 5.91 Å². The summed E-state index contributed by atoms with van der Waals surface area (Å²) in [5, 5.41) is 2.54. The molecule has 3 rings (SSSR count). The van der Waals surface area contributed by atoms with Crippen LogP contribution in [0.3, 0.4) is 0 Å². The molecule has 136 valence electrons. The zero-order valence-electron chi connectivity index (χ0n) is 14.1. The number of carbonyl (C=O) groups is 1. The third-order valence-electron chi connectivity index (χ3n) is 4.25. The Morgan fingerprint density at radius 3 is 2.35 bits per heavy atom. The number of halogens is 3. The zero-order valence-corrected chi connectivity index (χ0v) is 14.1. The summed E-state index contributed by atoms with van der Waals surface area (Å²) < 4.78 is 40.0. The molecule has 0 radical (unpaired) electrons. The van der Waals surface area contributed by atoms with Crippen LogP contribution in [0.1, 0.15) is 18.4 Å². The molecule has 1 aliphatic rings. The standard InChI is InChI=1S/C20H19F3N2O/c21-20(22,23)18(15-7-2-1-3-8-15)14-19(26)24-16-9-6-10-17(13-16)25-11-4-5-12-25/h1-3,6-10,13-14H,4-5,11-12H2,(H,24,26)/b18-14+. The largest absolute Gasteiger partial charge is 0.417 e. The molecule has 0 spiro atoms. The molecule has 1 heterocycles. The maximum atomic E-state index is 13.3. The third-order valence-corrected chi connectivity index (χ3v) is 4.25. The van der Waals surface area contributed by atoms with E-state index in [1.54, 1.807) is 24.3 Å². The highest BCUT2D eigenvalue weighted by molar-refractivity contribution is 6.04. The van der Waals surface area contributed by atoms with Crippen molar-refractivity contribution in [1.29, 1.82) is 0 Å². The van der Waals surface area contributed by atoms with Gasteiger partial charge in [-0.1, -0.05) is 36.4 Å². The highest BCUT2D eigenvalue weighted by Gasteiger charge is 2.35. The van der Waals surface area contributed by atoms with Crippen LogP contribution in [0.4, 0.5) is 24.5 Å². The normalized spacial score (nSPS) is 15.2. The first-order chi connectivity index (χ1) is 12.4. The van der Waals surface area contributed by atoms with E-state index in [4.69, 9.17) is 0 Å². The van der Waals surface area contributed by atoms with Gasteiger partial charge in [-0.2, -0.15) is 13.2 Å². The maximum absolute atomic E-state index is 13.3. The second-order valence-electron chi connectivity index (χ2n) is 6.16. The lowest BCUT2D eigenvalue weighted by atomic mass is 10.1. The maximum Gasteiger partial charge on any atom is 0.417 e. The molecule has 2 aromatic rings. The fraction of sp³-hybridized carbons (Fsp3) is 0.250. The van der Waals surface area contributed by atoms with Crippen molar-refractivity contribution in [3.05, 3.63) is 66.2 Å². The van der Waals surface area contributed by atoms with Gasteiger partial charge in [-0.3, -0.25) is 4.79 Å². The van der Waals surface area contributed by atoms with Crippen LogP contribution < -0.4 is 10.2 Å². The Balaban J connectivity index is 1.80. The number of allylic oxidation sites excluding steroid dienone is 1. The van der Waals surface area contributed by atoms with Crippen molar-refractivity contribution in [1.82, 2.24) is 0 Å². The van der Waals surface area contributed by atoms with Crippen molar-refractivity contribution in [3.8, 4) is 0 Å². The Hall–Kier alpha value is -2.76. The van der Waals surface area contributed by atoms with Crippen molar-refractivity contribution in [2.45, 2.75) is 19.0 Å². The van der Waals surface area contributed by atoms with E-state index in [2.05, 4.69) is 10.2 Å². The molecule has 1 amide bonds. The summed E-state index contributed by atoms with van der Waals surface area (Å²) in [4.78, 5) is 14.4. The molecule has 2 aromatic carbocycles. The van der Waals surface area contributed by atoms with E-state index in [9.17, 15) is 18.0 Å². The van der Waals surface area contributed by atoms with Gasteiger partial charge in [0.25, 0.3) is 0 Å². The molecular weight excluding hydrogens is 341 g/mol. The van der Waals surface area contributed by atoms with E-state index in [1.165, 1.54) is 24.3 Å². The van der Waals surface area contributed by atoms with Gasteiger partial charge in [-0.15, -0.1) is 0 Å². The predicted molar refractivity (Wildman–Crippen MR) is 97.0 cm³/mol. The first kappa shape index (κ1) is 18.0. The Morgan fingerprint density at radius 1 is 1.00 bits per heavy atom. The van der Waals surface area contributed by atoms with Crippen molar-refractivity contribution in [3.63, 3.8) is 0 Å². The van der Waals surface area contributed by atoms with Crippen molar-refractivity contribution in [2.24, 2.45) is 0 Å². The summed E-state index contributed by atoms with van der Waals surface area (Å²) in [5.74, 6) is -0.806. The Labute approximate surface area is 150 Å². The summed E-state index contributed by atoms with van der Waals surface area (Å²) in [6.07, 6.45) is -1.77. The second-order valence-corrected chi connectivity index (χ2v) is 6.16. The summed E-state index contributed by atoms with van der Waals surface area (Å²) >= 11 is 0. The van der Waals surface area contributed by atoms with Crippen LogP contribution in [0.25, 0.3) is 5.57 Å². The summed E-state index contributed by atoms with van der Waals surface area (Å²) in [7, 11) is 0. The number of carbonyl (C=O) groups excluding carboxylic acids is 1. The SMILES string of the molecule is O=C(/C=C(\c1ccccc1)C(F)(F)F)Nc1cccc(N2CCCC2)c1. The molecule has 0 aromatic heterocycles. The lowest BCUT2D eigenvalue weighted by molar-refractivity contribution is -0.112. The molecule has 1 saturated heterocycles. The van der Waals surface area contributed by atoms with Gasteiger partial charge in [0.15, 0.2) is 0 Å². The molecule has 26 heavy (non-hydrogen) atoms. The average Bonchev–Trinajstić information content (AvgIpc) is 3.14. The number of nitrogens with one attached hydrogen (secondary N) is 1. The first-order valence-corrected chi connectivity index (χ1v) is 8.44.